The molecule has 4 rings (SSSR count). The van der Waals surface area contributed by atoms with E-state index in [2.05, 4.69) is 23.8 Å². The van der Waals surface area contributed by atoms with Crippen molar-refractivity contribution >= 4 is 19.7 Å². The van der Waals surface area contributed by atoms with Crippen LogP contribution in [-0.2, 0) is 25.4 Å². The van der Waals surface area contributed by atoms with Crippen molar-refractivity contribution in [2.24, 2.45) is 11.8 Å². The van der Waals surface area contributed by atoms with Crippen LogP contribution in [0.3, 0.4) is 0 Å². The van der Waals surface area contributed by atoms with Crippen molar-refractivity contribution in [2.75, 3.05) is 11.5 Å². The summed E-state index contributed by atoms with van der Waals surface area (Å²) >= 11 is 0. The van der Waals surface area contributed by atoms with Crippen molar-refractivity contribution < 1.29 is 16.8 Å². The Labute approximate surface area is 178 Å². The van der Waals surface area contributed by atoms with Crippen LogP contribution in [0.1, 0.15) is 68.2 Å². The lowest BCUT2D eigenvalue weighted by Gasteiger charge is -2.35. The third-order valence-corrected chi connectivity index (χ3v) is 9.62. The monoisotopic (exact) mass is 449 g/mol. The number of hydrogen-bond donors (Lipinski definition) is 0. The zero-order chi connectivity index (χ0) is 21.8. The van der Waals surface area contributed by atoms with Gasteiger partial charge in [-0.1, -0.05) is 27.7 Å². The third kappa shape index (κ3) is 3.66. The quantitative estimate of drug-likeness (QED) is 0.709. The fraction of sp³-hybridized carbons (Fsp3) is 0.571. The highest BCUT2D eigenvalue weighted by molar-refractivity contribution is 7.91. The zero-order valence-electron chi connectivity index (χ0n) is 17.6. The number of rotatable bonds is 3. The van der Waals surface area contributed by atoms with Crippen LogP contribution in [0.2, 0.25) is 0 Å². The summed E-state index contributed by atoms with van der Waals surface area (Å²) in [5.41, 5.74) is 2.38. The summed E-state index contributed by atoms with van der Waals surface area (Å²) in [5.74, 6) is -0.596. The molecule has 0 aliphatic carbocycles. The van der Waals surface area contributed by atoms with Gasteiger partial charge in [0.05, 0.1) is 44.9 Å². The van der Waals surface area contributed by atoms with Gasteiger partial charge in [0.2, 0.25) is 0 Å². The molecule has 0 aromatic carbocycles. The highest BCUT2D eigenvalue weighted by Crippen LogP contribution is 2.45. The first-order valence-corrected chi connectivity index (χ1v) is 13.7. The molecule has 0 saturated carbocycles. The Morgan fingerprint density at radius 3 is 2.37 bits per heavy atom. The van der Waals surface area contributed by atoms with Crippen molar-refractivity contribution in [3.05, 3.63) is 47.3 Å². The minimum Gasteiger partial charge on any atom is -0.260 e. The number of hydrogen-bond acceptors (Lipinski definition) is 7. The Morgan fingerprint density at radius 2 is 1.70 bits per heavy atom. The number of sulfone groups is 2. The predicted octanol–water partition coefficient (Wildman–Crippen LogP) is 2.85. The molecular weight excluding hydrogens is 422 g/mol. The fourth-order valence-corrected chi connectivity index (χ4v) is 8.41. The fourth-order valence-electron chi connectivity index (χ4n) is 4.74. The van der Waals surface area contributed by atoms with Gasteiger partial charge in [-0.2, -0.15) is 0 Å². The SMILES string of the molecule is CC(C)C1CS(=O)(=O)Cc2ncc(C3CS(=O)(=O)c4cccnc4C3C(C)C)nc21. The first-order valence-electron chi connectivity index (χ1n) is 10.2. The van der Waals surface area contributed by atoms with Crippen LogP contribution in [0, 0.1) is 11.8 Å². The van der Waals surface area contributed by atoms with E-state index in [1.165, 1.54) is 0 Å². The maximum atomic E-state index is 13.0. The van der Waals surface area contributed by atoms with Gasteiger partial charge >= 0.3 is 0 Å². The van der Waals surface area contributed by atoms with Crippen molar-refractivity contribution in [3.8, 4) is 0 Å². The van der Waals surface area contributed by atoms with Crippen LogP contribution < -0.4 is 0 Å². The number of aromatic nitrogens is 3. The molecule has 2 aliphatic rings. The van der Waals surface area contributed by atoms with Crippen LogP contribution in [0.15, 0.2) is 29.4 Å². The molecule has 30 heavy (non-hydrogen) atoms. The van der Waals surface area contributed by atoms with Gasteiger partial charge in [-0.15, -0.1) is 0 Å². The van der Waals surface area contributed by atoms with E-state index in [9.17, 15) is 16.8 Å². The molecule has 2 aromatic rings. The Hall–Kier alpha value is -1.87. The van der Waals surface area contributed by atoms with E-state index >= 15 is 0 Å². The predicted molar refractivity (Wildman–Crippen MR) is 114 cm³/mol. The van der Waals surface area contributed by atoms with Crippen LogP contribution >= 0.6 is 0 Å². The summed E-state index contributed by atoms with van der Waals surface area (Å²) < 4.78 is 50.7. The third-order valence-electron chi connectivity index (χ3n) is 6.23. The second-order valence-electron chi connectivity index (χ2n) is 9.08. The van der Waals surface area contributed by atoms with E-state index in [4.69, 9.17) is 4.98 Å². The topological polar surface area (TPSA) is 107 Å². The Morgan fingerprint density at radius 1 is 0.967 bits per heavy atom. The number of pyridine rings is 1. The van der Waals surface area contributed by atoms with E-state index < -0.39 is 19.7 Å². The highest BCUT2D eigenvalue weighted by Gasteiger charge is 2.43. The van der Waals surface area contributed by atoms with Gasteiger partial charge in [-0.05, 0) is 24.0 Å². The number of nitrogens with zero attached hydrogens (tertiary/aromatic N) is 3. The van der Waals surface area contributed by atoms with Gasteiger partial charge in [0.15, 0.2) is 19.7 Å². The zero-order valence-corrected chi connectivity index (χ0v) is 19.2. The lowest BCUT2D eigenvalue weighted by molar-refractivity contribution is 0.401. The molecule has 0 bridgehead atoms. The maximum absolute atomic E-state index is 13.0. The van der Waals surface area contributed by atoms with Gasteiger partial charge in [0.25, 0.3) is 0 Å². The van der Waals surface area contributed by atoms with Crippen molar-refractivity contribution in [1.29, 1.82) is 0 Å². The normalized spacial score (nSPS) is 26.9. The minimum absolute atomic E-state index is 0.0490. The van der Waals surface area contributed by atoms with Gasteiger partial charge in [0.1, 0.15) is 0 Å². The number of fused-ring (bicyclic) bond motifs is 2. The van der Waals surface area contributed by atoms with E-state index in [1.807, 2.05) is 13.8 Å². The molecular formula is C21H27N3O4S2. The molecule has 3 atom stereocenters. The maximum Gasteiger partial charge on any atom is 0.180 e. The van der Waals surface area contributed by atoms with E-state index in [-0.39, 0.29) is 46.8 Å². The smallest absolute Gasteiger partial charge is 0.180 e. The van der Waals surface area contributed by atoms with Gasteiger partial charge in [0, 0.05) is 30.1 Å². The molecule has 4 heterocycles. The Kier molecular flexibility index (Phi) is 5.25. The second-order valence-corrected chi connectivity index (χ2v) is 13.2. The summed E-state index contributed by atoms with van der Waals surface area (Å²) in [5, 5.41) is 0. The van der Waals surface area contributed by atoms with Gasteiger partial charge < -0.3 is 0 Å². The Balaban J connectivity index is 1.86. The summed E-state index contributed by atoms with van der Waals surface area (Å²) in [4.78, 5) is 14.1. The summed E-state index contributed by atoms with van der Waals surface area (Å²) in [6.07, 6.45) is 3.20. The van der Waals surface area contributed by atoms with Crippen LogP contribution in [-0.4, -0.2) is 43.3 Å². The molecule has 0 spiro atoms. The molecule has 0 fully saturated rings. The first kappa shape index (κ1) is 21.4. The van der Waals surface area contributed by atoms with E-state index in [0.717, 1.165) is 0 Å². The van der Waals surface area contributed by atoms with Crippen LogP contribution in [0.4, 0.5) is 0 Å². The molecule has 9 heteroatoms. The average molecular weight is 450 g/mol. The lowest BCUT2D eigenvalue weighted by atomic mass is 9.79. The van der Waals surface area contributed by atoms with E-state index in [0.29, 0.717) is 27.7 Å². The summed E-state index contributed by atoms with van der Waals surface area (Å²) in [6.45, 7) is 8.07. The molecule has 0 amide bonds. The van der Waals surface area contributed by atoms with Crippen molar-refractivity contribution in [1.82, 2.24) is 15.0 Å². The highest BCUT2D eigenvalue weighted by atomic mass is 32.2. The molecule has 3 unspecified atom stereocenters. The first-order chi connectivity index (χ1) is 14.0. The molecule has 2 aliphatic heterocycles. The molecule has 0 saturated heterocycles. The molecule has 2 aromatic heterocycles. The lowest BCUT2D eigenvalue weighted by Crippen LogP contribution is -2.34. The molecule has 0 radical (unpaired) electrons. The van der Waals surface area contributed by atoms with Crippen molar-refractivity contribution in [3.63, 3.8) is 0 Å². The molecule has 0 N–H and O–H groups in total. The van der Waals surface area contributed by atoms with Gasteiger partial charge in [-0.25, -0.2) is 16.8 Å². The average Bonchev–Trinajstić information content (AvgIpc) is 2.65. The van der Waals surface area contributed by atoms with Crippen LogP contribution in [0.5, 0.6) is 0 Å². The standard InChI is InChI=1S/C21H27N3O4S2/c1-12(2)14-9-29(25,26)11-17-20(14)24-16(8-23-17)15-10-30(27,28)18-6-5-7-22-21(18)19(15)13(3)4/h5-8,12-15,19H,9-11H2,1-4H3. The summed E-state index contributed by atoms with van der Waals surface area (Å²) in [7, 11) is -6.72. The van der Waals surface area contributed by atoms with Crippen LogP contribution in [0.25, 0.3) is 0 Å². The second kappa shape index (κ2) is 7.37. The van der Waals surface area contributed by atoms with Gasteiger partial charge in [-0.3, -0.25) is 15.0 Å². The largest absolute Gasteiger partial charge is 0.260 e. The Bertz CT molecular complexity index is 1190. The minimum atomic E-state index is -3.50. The molecule has 7 nitrogen and oxygen atoms in total. The van der Waals surface area contributed by atoms with E-state index in [1.54, 1.807) is 24.5 Å². The van der Waals surface area contributed by atoms with Crippen molar-refractivity contribution in [2.45, 2.75) is 56.1 Å². The molecule has 162 valence electrons. The summed E-state index contributed by atoms with van der Waals surface area (Å²) in [6, 6.07) is 3.28.